The molecule has 3 nitrogen and oxygen atoms in total. The van der Waals surface area contributed by atoms with Crippen LogP contribution in [0.5, 0.6) is 0 Å². The average molecular weight is 278 g/mol. The second kappa shape index (κ2) is 3.78. The normalized spacial score (nSPS) is 19.8. The molecule has 0 unspecified atom stereocenters. The van der Waals surface area contributed by atoms with Crippen molar-refractivity contribution in [2.24, 2.45) is 11.8 Å². The van der Waals surface area contributed by atoms with Crippen molar-refractivity contribution in [1.82, 2.24) is 9.55 Å². The molecule has 94 valence electrons. The molecule has 0 bridgehead atoms. The molecule has 2 aromatic rings. The summed E-state index contributed by atoms with van der Waals surface area (Å²) in [5, 5.41) is 2.74. The standard InChI is InChI=1S/C13H14N2OS2/c16-12-9-5-6-18-11(9)14-13(17)15(12)10(7-1-2-7)8-3-4-8/h5-8,10H,1-4H2,(H,14,17). The molecule has 1 N–H and O–H groups in total. The zero-order valence-electron chi connectivity index (χ0n) is 9.89. The lowest BCUT2D eigenvalue weighted by atomic mass is 10.1. The molecule has 0 saturated heterocycles. The fourth-order valence-corrected chi connectivity index (χ4v) is 4.06. The number of rotatable bonds is 3. The van der Waals surface area contributed by atoms with E-state index in [0.717, 1.165) is 10.2 Å². The summed E-state index contributed by atoms with van der Waals surface area (Å²) in [6, 6.07) is 2.26. The highest BCUT2D eigenvalue weighted by atomic mass is 32.1. The molecule has 0 atom stereocenters. The van der Waals surface area contributed by atoms with Gasteiger partial charge < -0.3 is 4.98 Å². The Morgan fingerprint density at radius 3 is 2.61 bits per heavy atom. The third-order valence-corrected chi connectivity index (χ3v) is 5.19. The first-order valence-corrected chi connectivity index (χ1v) is 7.76. The number of H-pyrrole nitrogens is 1. The smallest absolute Gasteiger partial charge is 0.263 e. The van der Waals surface area contributed by atoms with Crippen molar-refractivity contribution in [3.8, 4) is 0 Å². The number of aromatic amines is 1. The molecule has 0 spiro atoms. The van der Waals surface area contributed by atoms with Gasteiger partial charge >= 0.3 is 0 Å². The Kier molecular flexibility index (Phi) is 2.29. The number of fused-ring (bicyclic) bond motifs is 1. The van der Waals surface area contributed by atoms with Gasteiger partial charge in [0.1, 0.15) is 4.83 Å². The van der Waals surface area contributed by atoms with E-state index in [4.69, 9.17) is 12.2 Å². The van der Waals surface area contributed by atoms with Crippen LogP contribution in [0.4, 0.5) is 0 Å². The quantitative estimate of drug-likeness (QED) is 0.873. The second-order valence-electron chi connectivity index (χ2n) is 5.43. The van der Waals surface area contributed by atoms with Crippen LogP contribution < -0.4 is 5.56 Å². The summed E-state index contributed by atoms with van der Waals surface area (Å²) in [5.41, 5.74) is 0.110. The predicted molar refractivity (Wildman–Crippen MR) is 75.8 cm³/mol. The van der Waals surface area contributed by atoms with E-state index in [9.17, 15) is 4.79 Å². The average Bonchev–Trinajstić information content (AvgIpc) is 3.25. The molecule has 0 aromatic carbocycles. The zero-order chi connectivity index (χ0) is 12.3. The van der Waals surface area contributed by atoms with Crippen LogP contribution in [0.1, 0.15) is 31.7 Å². The van der Waals surface area contributed by atoms with Gasteiger partial charge in [-0.1, -0.05) is 0 Å². The Bertz CT molecular complexity index is 706. The van der Waals surface area contributed by atoms with Crippen molar-refractivity contribution in [3.05, 3.63) is 26.6 Å². The molecule has 0 amide bonds. The fourth-order valence-electron chi connectivity index (χ4n) is 2.91. The molecule has 2 aliphatic carbocycles. The minimum Gasteiger partial charge on any atom is -0.323 e. The van der Waals surface area contributed by atoms with Gasteiger partial charge in [0.25, 0.3) is 5.56 Å². The van der Waals surface area contributed by atoms with Gasteiger partial charge in [0.15, 0.2) is 4.77 Å². The van der Waals surface area contributed by atoms with E-state index in [2.05, 4.69) is 4.98 Å². The Balaban J connectivity index is 1.97. The minimum atomic E-state index is 0.110. The largest absolute Gasteiger partial charge is 0.323 e. The highest BCUT2D eigenvalue weighted by Gasteiger charge is 2.43. The van der Waals surface area contributed by atoms with E-state index in [0.29, 0.717) is 22.6 Å². The molecule has 2 aromatic heterocycles. The van der Waals surface area contributed by atoms with E-state index in [1.165, 1.54) is 25.7 Å². The topological polar surface area (TPSA) is 37.8 Å². The van der Waals surface area contributed by atoms with E-state index in [1.807, 2.05) is 16.0 Å². The van der Waals surface area contributed by atoms with Gasteiger partial charge in [-0.05, 0) is 61.2 Å². The van der Waals surface area contributed by atoms with E-state index in [1.54, 1.807) is 11.3 Å². The number of hydrogen-bond donors (Lipinski definition) is 1. The SMILES string of the molecule is O=c1c2ccsc2[nH]c(=S)n1C(C1CC1)C1CC1. The summed E-state index contributed by atoms with van der Waals surface area (Å²) < 4.78 is 2.48. The Morgan fingerprint density at radius 1 is 1.33 bits per heavy atom. The summed E-state index contributed by atoms with van der Waals surface area (Å²) >= 11 is 6.97. The molecule has 2 aliphatic rings. The Hall–Kier alpha value is -0.940. The Labute approximate surface area is 113 Å². The first-order valence-electron chi connectivity index (χ1n) is 6.48. The fraction of sp³-hybridized carbons (Fsp3) is 0.538. The molecule has 5 heteroatoms. The van der Waals surface area contributed by atoms with Crippen LogP contribution in [0.25, 0.3) is 10.2 Å². The summed E-state index contributed by atoms with van der Waals surface area (Å²) in [6.07, 6.45) is 5.02. The summed E-state index contributed by atoms with van der Waals surface area (Å²) in [6.45, 7) is 0. The van der Waals surface area contributed by atoms with Crippen LogP contribution in [0, 0.1) is 16.6 Å². The molecule has 18 heavy (non-hydrogen) atoms. The van der Waals surface area contributed by atoms with Crippen LogP contribution >= 0.6 is 23.6 Å². The first kappa shape index (κ1) is 10.9. The molecule has 0 aliphatic heterocycles. The molecule has 4 rings (SSSR count). The molecular weight excluding hydrogens is 264 g/mol. The molecule has 2 heterocycles. The zero-order valence-corrected chi connectivity index (χ0v) is 11.5. The van der Waals surface area contributed by atoms with Crippen molar-refractivity contribution in [3.63, 3.8) is 0 Å². The number of nitrogens with zero attached hydrogens (tertiary/aromatic N) is 1. The van der Waals surface area contributed by atoms with Crippen LogP contribution in [0.3, 0.4) is 0 Å². The lowest BCUT2D eigenvalue weighted by Gasteiger charge is -2.19. The maximum Gasteiger partial charge on any atom is 0.263 e. The molecular formula is C13H14N2OS2. The summed E-state index contributed by atoms with van der Waals surface area (Å²) in [5.74, 6) is 1.36. The van der Waals surface area contributed by atoms with Gasteiger partial charge in [0, 0.05) is 6.04 Å². The van der Waals surface area contributed by atoms with Crippen molar-refractivity contribution in [1.29, 1.82) is 0 Å². The van der Waals surface area contributed by atoms with Crippen LogP contribution in [-0.4, -0.2) is 9.55 Å². The summed E-state index contributed by atoms with van der Waals surface area (Å²) in [4.78, 5) is 16.7. The van der Waals surface area contributed by atoms with Crippen LogP contribution in [-0.2, 0) is 0 Å². The minimum absolute atomic E-state index is 0.110. The third-order valence-electron chi connectivity index (χ3n) is 4.06. The maximum atomic E-state index is 12.6. The van der Waals surface area contributed by atoms with Crippen LogP contribution in [0.15, 0.2) is 16.2 Å². The monoisotopic (exact) mass is 278 g/mol. The van der Waals surface area contributed by atoms with Crippen molar-refractivity contribution in [2.45, 2.75) is 31.7 Å². The van der Waals surface area contributed by atoms with Gasteiger partial charge in [-0.15, -0.1) is 11.3 Å². The second-order valence-corrected chi connectivity index (χ2v) is 6.74. The van der Waals surface area contributed by atoms with Gasteiger partial charge in [0.2, 0.25) is 0 Å². The molecule has 2 fully saturated rings. The molecule has 0 radical (unpaired) electrons. The predicted octanol–water partition coefficient (Wildman–Crippen LogP) is 3.48. The number of aromatic nitrogens is 2. The summed E-state index contributed by atoms with van der Waals surface area (Å²) in [7, 11) is 0. The number of nitrogens with one attached hydrogen (secondary N) is 1. The highest BCUT2D eigenvalue weighted by Crippen LogP contribution is 2.51. The molecule has 2 saturated carbocycles. The van der Waals surface area contributed by atoms with E-state index in [-0.39, 0.29) is 5.56 Å². The first-order chi connectivity index (χ1) is 8.75. The number of hydrogen-bond acceptors (Lipinski definition) is 3. The number of thiophene rings is 1. The van der Waals surface area contributed by atoms with Gasteiger partial charge in [-0.2, -0.15) is 0 Å². The third kappa shape index (κ3) is 1.61. The van der Waals surface area contributed by atoms with E-state index >= 15 is 0 Å². The highest BCUT2D eigenvalue weighted by molar-refractivity contribution is 7.71. The van der Waals surface area contributed by atoms with Crippen LogP contribution in [0.2, 0.25) is 0 Å². The van der Waals surface area contributed by atoms with Gasteiger partial charge in [-0.3, -0.25) is 9.36 Å². The van der Waals surface area contributed by atoms with Gasteiger partial charge in [-0.25, -0.2) is 0 Å². The lowest BCUT2D eigenvalue weighted by molar-refractivity contribution is 0.378. The van der Waals surface area contributed by atoms with Gasteiger partial charge in [0.05, 0.1) is 5.39 Å². The van der Waals surface area contributed by atoms with E-state index < -0.39 is 0 Å². The lowest BCUT2D eigenvalue weighted by Crippen LogP contribution is -2.28. The van der Waals surface area contributed by atoms with Crippen molar-refractivity contribution in [2.75, 3.05) is 0 Å². The Morgan fingerprint density at radius 2 is 2.00 bits per heavy atom. The maximum absolute atomic E-state index is 12.6. The van der Waals surface area contributed by atoms with Crippen molar-refractivity contribution >= 4 is 33.8 Å². The van der Waals surface area contributed by atoms with Crippen molar-refractivity contribution < 1.29 is 0 Å².